The second-order valence-corrected chi connectivity index (χ2v) is 7.52. The van der Waals surface area contributed by atoms with Crippen molar-refractivity contribution in [1.82, 2.24) is 15.2 Å². The van der Waals surface area contributed by atoms with Crippen molar-refractivity contribution in [2.24, 2.45) is 11.7 Å². The molecule has 7 heteroatoms. The van der Waals surface area contributed by atoms with Gasteiger partial charge < -0.3 is 16.0 Å². The van der Waals surface area contributed by atoms with Gasteiger partial charge in [0.05, 0.1) is 16.8 Å². The number of nitrogens with one attached hydrogen (secondary N) is 1. The first-order valence-electron chi connectivity index (χ1n) is 9.31. The van der Waals surface area contributed by atoms with Crippen LogP contribution >= 0.6 is 11.6 Å². The maximum Gasteiger partial charge on any atom is 0.253 e. The summed E-state index contributed by atoms with van der Waals surface area (Å²) in [4.78, 5) is 30.5. The third-order valence-corrected chi connectivity index (χ3v) is 5.37. The fourth-order valence-corrected chi connectivity index (χ4v) is 3.69. The normalized spacial score (nSPS) is 15.8. The molecule has 1 aliphatic heterocycles. The van der Waals surface area contributed by atoms with Crippen molar-refractivity contribution in [3.05, 3.63) is 40.5 Å². The summed E-state index contributed by atoms with van der Waals surface area (Å²) in [6.45, 7) is 5.11. The number of aromatic nitrogens is 1. The van der Waals surface area contributed by atoms with Gasteiger partial charge in [0.15, 0.2) is 0 Å². The highest BCUT2D eigenvalue weighted by atomic mass is 35.5. The molecule has 0 unspecified atom stereocenters. The van der Waals surface area contributed by atoms with Gasteiger partial charge in [-0.15, -0.1) is 0 Å². The van der Waals surface area contributed by atoms with E-state index in [0.717, 1.165) is 49.8 Å². The summed E-state index contributed by atoms with van der Waals surface area (Å²) in [5, 5.41) is 4.45. The quantitative estimate of drug-likeness (QED) is 0.744. The molecule has 1 saturated heterocycles. The molecule has 3 N–H and O–H groups in total. The molecule has 1 aromatic carbocycles. The summed E-state index contributed by atoms with van der Waals surface area (Å²) in [6.07, 6.45) is 2.51. The molecule has 0 spiro atoms. The van der Waals surface area contributed by atoms with Crippen molar-refractivity contribution in [1.29, 1.82) is 0 Å². The van der Waals surface area contributed by atoms with Gasteiger partial charge in [-0.1, -0.05) is 11.6 Å². The summed E-state index contributed by atoms with van der Waals surface area (Å²) in [5.41, 5.74) is 7.47. The molecular weight excluding hydrogens is 364 g/mol. The molecule has 0 radical (unpaired) electrons. The van der Waals surface area contributed by atoms with E-state index in [1.807, 2.05) is 25.1 Å². The lowest BCUT2D eigenvalue weighted by atomic mass is 9.96. The maximum atomic E-state index is 12.5. The van der Waals surface area contributed by atoms with E-state index in [4.69, 9.17) is 17.3 Å². The summed E-state index contributed by atoms with van der Waals surface area (Å²) in [6, 6.07) is 7.30. The Kier molecular flexibility index (Phi) is 6.29. The van der Waals surface area contributed by atoms with Crippen LogP contribution in [0, 0.1) is 12.8 Å². The minimum Gasteiger partial charge on any atom is -0.369 e. The number of carbonyl (C=O) groups is 2. The molecule has 1 aliphatic rings. The molecular formula is C20H25ClN4O2. The van der Waals surface area contributed by atoms with Crippen LogP contribution in [0.2, 0.25) is 5.02 Å². The van der Waals surface area contributed by atoms with Gasteiger partial charge in [0.1, 0.15) is 0 Å². The van der Waals surface area contributed by atoms with Crippen molar-refractivity contribution in [3.8, 4) is 0 Å². The Morgan fingerprint density at radius 1 is 1.30 bits per heavy atom. The van der Waals surface area contributed by atoms with Crippen LogP contribution in [-0.4, -0.2) is 47.9 Å². The number of primary amides is 1. The monoisotopic (exact) mass is 388 g/mol. The molecule has 1 fully saturated rings. The average molecular weight is 389 g/mol. The lowest BCUT2D eigenvalue weighted by molar-refractivity contribution is -0.123. The van der Waals surface area contributed by atoms with Crippen molar-refractivity contribution < 1.29 is 9.59 Å². The lowest BCUT2D eigenvalue weighted by Crippen LogP contribution is -2.39. The Morgan fingerprint density at radius 3 is 2.74 bits per heavy atom. The molecule has 2 amide bonds. The van der Waals surface area contributed by atoms with E-state index in [9.17, 15) is 9.59 Å². The van der Waals surface area contributed by atoms with Gasteiger partial charge in [-0.05, 0) is 70.1 Å². The van der Waals surface area contributed by atoms with E-state index < -0.39 is 0 Å². The molecule has 144 valence electrons. The van der Waals surface area contributed by atoms with Crippen LogP contribution in [0.3, 0.4) is 0 Å². The Hall–Kier alpha value is -2.18. The van der Waals surface area contributed by atoms with Crippen LogP contribution in [0.1, 0.15) is 35.3 Å². The number of aryl methyl sites for hydroxylation is 1. The van der Waals surface area contributed by atoms with Crippen molar-refractivity contribution in [3.63, 3.8) is 0 Å². The number of nitrogens with zero attached hydrogens (tertiary/aromatic N) is 2. The molecule has 0 aliphatic carbocycles. The molecule has 2 aromatic rings. The lowest BCUT2D eigenvalue weighted by Gasteiger charge is -2.30. The number of carbonyl (C=O) groups excluding carboxylic acids is 2. The molecule has 0 bridgehead atoms. The number of amides is 2. The standard InChI is InChI=1S/C20H25ClN4O2/c1-13-17(12-15-11-16(21)3-4-18(15)24-13)20(27)23-7-2-8-25-9-5-14(6-10-25)19(22)26/h3-4,11-12,14H,2,5-10H2,1H3,(H2,22,26)(H,23,27). The Morgan fingerprint density at radius 2 is 2.04 bits per heavy atom. The maximum absolute atomic E-state index is 12.5. The third-order valence-electron chi connectivity index (χ3n) is 5.14. The minimum atomic E-state index is -0.192. The van der Waals surface area contributed by atoms with Gasteiger partial charge in [0.2, 0.25) is 5.91 Å². The van der Waals surface area contributed by atoms with Crippen LogP contribution in [0.5, 0.6) is 0 Å². The van der Waals surface area contributed by atoms with Gasteiger partial charge >= 0.3 is 0 Å². The number of fused-ring (bicyclic) bond motifs is 1. The highest BCUT2D eigenvalue weighted by Crippen LogP contribution is 2.21. The van der Waals surface area contributed by atoms with E-state index >= 15 is 0 Å². The SMILES string of the molecule is Cc1nc2ccc(Cl)cc2cc1C(=O)NCCCN1CCC(C(N)=O)CC1. The number of halogens is 1. The van der Waals surface area contributed by atoms with E-state index in [1.165, 1.54) is 0 Å². The number of nitrogens with two attached hydrogens (primary N) is 1. The number of benzene rings is 1. The number of pyridine rings is 1. The van der Waals surface area contributed by atoms with Crippen LogP contribution in [0.25, 0.3) is 10.9 Å². The number of rotatable bonds is 6. The van der Waals surface area contributed by atoms with Gasteiger partial charge in [0.25, 0.3) is 5.91 Å². The predicted octanol–water partition coefficient (Wildman–Crippen LogP) is 2.51. The topological polar surface area (TPSA) is 88.3 Å². The molecule has 6 nitrogen and oxygen atoms in total. The minimum absolute atomic E-state index is 0.0119. The van der Waals surface area contributed by atoms with E-state index in [-0.39, 0.29) is 17.7 Å². The zero-order valence-electron chi connectivity index (χ0n) is 15.5. The van der Waals surface area contributed by atoms with Crippen molar-refractivity contribution >= 4 is 34.3 Å². The zero-order valence-corrected chi connectivity index (χ0v) is 16.3. The first kappa shape index (κ1) is 19.6. The highest BCUT2D eigenvalue weighted by molar-refractivity contribution is 6.31. The smallest absolute Gasteiger partial charge is 0.253 e. The van der Waals surface area contributed by atoms with E-state index in [1.54, 1.807) is 6.07 Å². The molecule has 1 aromatic heterocycles. The fourth-order valence-electron chi connectivity index (χ4n) is 3.51. The van der Waals surface area contributed by atoms with E-state index in [0.29, 0.717) is 22.8 Å². The number of hydrogen-bond donors (Lipinski definition) is 2. The number of hydrogen-bond acceptors (Lipinski definition) is 4. The molecule has 2 heterocycles. The largest absolute Gasteiger partial charge is 0.369 e. The van der Waals surface area contributed by atoms with Gasteiger partial charge in [-0.25, -0.2) is 0 Å². The Labute approximate surface area is 164 Å². The van der Waals surface area contributed by atoms with Crippen molar-refractivity contribution in [2.45, 2.75) is 26.2 Å². The zero-order chi connectivity index (χ0) is 19.4. The van der Waals surface area contributed by atoms with Crippen LogP contribution in [0.4, 0.5) is 0 Å². The van der Waals surface area contributed by atoms with Gasteiger partial charge in [-0.3, -0.25) is 14.6 Å². The first-order chi connectivity index (χ1) is 12.9. The Balaban J connectivity index is 1.49. The summed E-state index contributed by atoms with van der Waals surface area (Å²) >= 11 is 6.03. The predicted molar refractivity (Wildman–Crippen MR) is 107 cm³/mol. The number of piperidine rings is 1. The van der Waals surface area contributed by atoms with Crippen LogP contribution in [0.15, 0.2) is 24.3 Å². The third kappa shape index (κ3) is 4.96. The Bertz CT molecular complexity index is 847. The fraction of sp³-hybridized carbons (Fsp3) is 0.450. The molecule has 0 saturated carbocycles. The average Bonchev–Trinajstić information content (AvgIpc) is 2.65. The first-order valence-corrected chi connectivity index (χ1v) is 9.68. The van der Waals surface area contributed by atoms with E-state index in [2.05, 4.69) is 15.2 Å². The molecule has 3 rings (SSSR count). The summed E-state index contributed by atoms with van der Waals surface area (Å²) in [7, 11) is 0. The second-order valence-electron chi connectivity index (χ2n) is 7.09. The number of likely N-dealkylation sites (tertiary alicyclic amines) is 1. The second kappa shape index (κ2) is 8.67. The van der Waals surface area contributed by atoms with Crippen LogP contribution < -0.4 is 11.1 Å². The molecule has 0 atom stereocenters. The molecule has 27 heavy (non-hydrogen) atoms. The summed E-state index contributed by atoms with van der Waals surface area (Å²) in [5.74, 6) is -0.297. The highest BCUT2D eigenvalue weighted by Gasteiger charge is 2.22. The summed E-state index contributed by atoms with van der Waals surface area (Å²) < 4.78 is 0. The van der Waals surface area contributed by atoms with Gasteiger partial charge in [-0.2, -0.15) is 0 Å². The van der Waals surface area contributed by atoms with Gasteiger partial charge in [0, 0.05) is 22.9 Å². The van der Waals surface area contributed by atoms with Crippen LogP contribution in [-0.2, 0) is 4.79 Å². The van der Waals surface area contributed by atoms with Crippen molar-refractivity contribution in [2.75, 3.05) is 26.2 Å².